The van der Waals surface area contributed by atoms with Crippen LogP contribution in [0, 0.1) is 12.8 Å². The third kappa shape index (κ3) is 2.95. The van der Waals surface area contributed by atoms with Crippen molar-refractivity contribution in [2.45, 2.75) is 51.5 Å². The predicted octanol–water partition coefficient (Wildman–Crippen LogP) is -0.0980. The standard InChI is InChI=1S/C14H22N2O5/c1-8(2)5-14(7-17)10(18)4-11(21-14)16-6-9(3)12(19)15-13(16)20/h6,8,10-11,17-18H,4-5,7H2,1-3H3,(H,15,19,20)/t10-,11+,14+/m0/s1. The first-order valence-corrected chi connectivity index (χ1v) is 7.08. The van der Waals surface area contributed by atoms with Crippen LogP contribution in [0.4, 0.5) is 0 Å². The Labute approximate surface area is 122 Å². The second-order valence-corrected chi connectivity index (χ2v) is 6.12. The fourth-order valence-electron chi connectivity index (χ4n) is 2.86. The van der Waals surface area contributed by atoms with E-state index in [0.717, 1.165) is 0 Å². The summed E-state index contributed by atoms with van der Waals surface area (Å²) in [4.78, 5) is 25.5. The molecule has 2 rings (SSSR count). The van der Waals surface area contributed by atoms with E-state index >= 15 is 0 Å². The fourth-order valence-corrected chi connectivity index (χ4v) is 2.86. The summed E-state index contributed by atoms with van der Waals surface area (Å²) in [6.07, 6.45) is 0.529. The lowest BCUT2D eigenvalue weighted by molar-refractivity contribution is -0.137. The molecule has 0 aliphatic carbocycles. The minimum atomic E-state index is -1.07. The lowest BCUT2D eigenvalue weighted by Crippen LogP contribution is -2.44. The molecule has 1 aliphatic rings. The molecule has 1 aromatic rings. The van der Waals surface area contributed by atoms with Gasteiger partial charge >= 0.3 is 5.69 Å². The number of rotatable bonds is 4. The van der Waals surface area contributed by atoms with Crippen LogP contribution in [0.3, 0.4) is 0 Å². The zero-order valence-corrected chi connectivity index (χ0v) is 12.5. The quantitative estimate of drug-likeness (QED) is 0.720. The van der Waals surface area contributed by atoms with E-state index in [1.54, 1.807) is 6.92 Å². The van der Waals surface area contributed by atoms with Crippen LogP contribution in [0.2, 0.25) is 0 Å². The first-order chi connectivity index (χ1) is 9.79. The van der Waals surface area contributed by atoms with Crippen molar-refractivity contribution in [3.8, 4) is 0 Å². The van der Waals surface area contributed by atoms with Crippen molar-refractivity contribution < 1.29 is 14.9 Å². The van der Waals surface area contributed by atoms with E-state index in [4.69, 9.17) is 4.74 Å². The molecular weight excluding hydrogens is 276 g/mol. The lowest BCUT2D eigenvalue weighted by atomic mass is 9.88. The van der Waals surface area contributed by atoms with Gasteiger partial charge < -0.3 is 14.9 Å². The Morgan fingerprint density at radius 3 is 2.76 bits per heavy atom. The van der Waals surface area contributed by atoms with Gasteiger partial charge in [-0.2, -0.15) is 0 Å². The molecule has 0 unspecified atom stereocenters. The lowest BCUT2D eigenvalue weighted by Gasteiger charge is -2.31. The van der Waals surface area contributed by atoms with Crippen molar-refractivity contribution in [1.82, 2.24) is 9.55 Å². The van der Waals surface area contributed by atoms with E-state index in [9.17, 15) is 19.8 Å². The molecule has 0 amide bonds. The van der Waals surface area contributed by atoms with Gasteiger partial charge in [0.05, 0.1) is 12.7 Å². The monoisotopic (exact) mass is 298 g/mol. The Kier molecular flexibility index (Phi) is 4.36. The van der Waals surface area contributed by atoms with Crippen LogP contribution in [0.1, 0.15) is 38.5 Å². The van der Waals surface area contributed by atoms with Gasteiger partial charge in [0.25, 0.3) is 5.56 Å². The number of aromatic amines is 1. The number of aryl methyl sites for hydroxylation is 1. The highest BCUT2D eigenvalue weighted by Gasteiger charge is 2.48. The summed E-state index contributed by atoms with van der Waals surface area (Å²) in [5.41, 5.74) is -1.70. The van der Waals surface area contributed by atoms with E-state index in [1.165, 1.54) is 10.8 Å². The van der Waals surface area contributed by atoms with Crippen molar-refractivity contribution in [1.29, 1.82) is 0 Å². The number of aliphatic hydroxyl groups is 2. The van der Waals surface area contributed by atoms with Crippen LogP contribution >= 0.6 is 0 Å². The number of hydrogen-bond acceptors (Lipinski definition) is 5. The second-order valence-electron chi connectivity index (χ2n) is 6.12. The highest BCUT2D eigenvalue weighted by Crippen LogP contribution is 2.39. The molecule has 0 radical (unpaired) electrons. The Balaban J connectivity index is 2.35. The maximum atomic E-state index is 11.9. The summed E-state index contributed by atoms with van der Waals surface area (Å²) < 4.78 is 7.09. The fraction of sp³-hybridized carbons (Fsp3) is 0.714. The molecule has 118 valence electrons. The normalized spacial score (nSPS) is 29.2. The largest absolute Gasteiger partial charge is 0.393 e. The third-order valence-corrected chi connectivity index (χ3v) is 3.88. The molecular formula is C14H22N2O5. The highest BCUT2D eigenvalue weighted by atomic mass is 16.6. The topological polar surface area (TPSA) is 105 Å². The molecule has 1 fully saturated rings. The molecule has 0 aromatic carbocycles. The van der Waals surface area contributed by atoms with Crippen molar-refractivity contribution >= 4 is 0 Å². The van der Waals surface area contributed by atoms with Crippen molar-refractivity contribution in [2.24, 2.45) is 5.92 Å². The molecule has 3 N–H and O–H groups in total. The maximum Gasteiger partial charge on any atom is 0.330 e. The number of aromatic nitrogens is 2. The minimum Gasteiger partial charge on any atom is -0.393 e. The van der Waals surface area contributed by atoms with Crippen LogP contribution < -0.4 is 11.2 Å². The average Bonchev–Trinajstić information content (AvgIpc) is 2.71. The number of hydrogen-bond donors (Lipinski definition) is 3. The number of aliphatic hydroxyl groups excluding tert-OH is 2. The Bertz CT molecular complexity index is 621. The molecule has 7 heteroatoms. The third-order valence-electron chi connectivity index (χ3n) is 3.88. The highest BCUT2D eigenvalue weighted by molar-refractivity contribution is 5.03. The molecule has 0 bridgehead atoms. The molecule has 7 nitrogen and oxygen atoms in total. The van der Waals surface area contributed by atoms with Gasteiger partial charge in [0, 0.05) is 18.2 Å². The molecule has 1 saturated heterocycles. The van der Waals surface area contributed by atoms with Crippen LogP contribution in [0.25, 0.3) is 0 Å². The van der Waals surface area contributed by atoms with Gasteiger partial charge in [0.2, 0.25) is 0 Å². The maximum absolute atomic E-state index is 11.9. The van der Waals surface area contributed by atoms with Crippen LogP contribution in [-0.2, 0) is 4.74 Å². The molecule has 0 spiro atoms. The molecule has 1 aromatic heterocycles. The summed E-state index contributed by atoms with van der Waals surface area (Å²) in [5, 5.41) is 19.9. The van der Waals surface area contributed by atoms with Gasteiger partial charge in [0.15, 0.2) is 0 Å². The Hall–Kier alpha value is -1.44. The average molecular weight is 298 g/mol. The zero-order valence-electron chi connectivity index (χ0n) is 12.5. The number of H-pyrrole nitrogens is 1. The second kappa shape index (κ2) is 5.75. The van der Waals surface area contributed by atoms with Crippen molar-refractivity contribution in [3.05, 3.63) is 32.6 Å². The van der Waals surface area contributed by atoms with Crippen LogP contribution in [-0.4, -0.2) is 38.1 Å². The summed E-state index contributed by atoms with van der Waals surface area (Å²) in [7, 11) is 0. The molecule has 0 saturated carbocycles. The summed E-state index contributed by atoms with van der Waals surface area (Å²) >= 11 is 0. The molecule has 2 heterocycles. The summed E-state index contributed by atoms with van der Waals surface area (Å²) in [6, 6.07) is 0. The van der Waals surface area contributed by atoms with Gasteiger partial charge in [-0.25, -0.2) is 4.79 Å². The molecule has 21 heavy (non-hydrogen) atoms. The predicted molar refractivity (Wildman–Crippen MR) is 76.1 cm³/mol. The molecule has 3 atom stereocenters. The Morgan fingerprint density at radius 2 is 2.19 bits per heavy atom. The van der Waals surface area contributed by atoms with Gasteiger partial charge in [-0.1, -0.05) is 13.8 Å². The van der Waals surface area contributed by atoms with Crippen LogP contribution in [0.15, 0.2) is 15.8 Å². The number of nitrogens with zero attached hydrogens (tertiary/aromatic N) is 1. The summed E-state index contributed by atoms with van der Waals surface area (Å²) in [6.45, 7) is 5.21. The number of nitrogens with one attached hydrogen (secondary N) is 1. The van der Waals surface area contributed by atoms with Gasteiger partial charge in [-0.3, -0.25) is 14.3 Å². The number of ether oxygens (including phenoxy) is 1. The smallest absolute Gasteiger partial charge is 0.330 e. The van der Waals surface area contributed by atoms with Gasteiger partial charge in [-0.05, 0) is 19.3 Å². The minimum absolute atomic E-state index is 0.193. The SMILES string of the molecule is Cc1cn([C@H]2C[C@H](O)[C@](CO)(CC(C)C)O2)c(=O)[nH]c1=O. The van der Waals surface area contributed by atoms with E-state index in [1.807, 2.05) is 13.8 Å². The Morgan fingerprint density at radius 1 is 1.52 bits per heavy atom. The summed E-state index contributed by atoms with van der Waals surface area (Å²) in [5.74, 6) is 0.222. The van der Waals surface area contributed by atoms with E-state index in [2.05, 4.69) is 4.98 Å². The molecule has 1 aliphatic heterocycles. The van der Waals surface area contributed by atoms with E-state index < -0.39 is 29.2 Å². The van der Waals surface area contributed by atoms with E-state index in [-0.39, 0.29) is 18.9 Å². The van der Waals surface area contributed by atoms with Gasteiger partial charge in [0.1, 0.15) is 11.8 Å². The first kappa shape index (κ1) is 15.9. The zero-order chi connectivity index (χ0) is 15.8. The first-order valence-electron chi connectivity index (χ1n) is 7.08. The van der Waals surface area contributed by atoms with Gasteiger partial charge in [-0.15, -0.1) is 0 Å². The van der Waals surface area contributed by atoms with Crippen molar-refractivity contribution in [2.75, 3.05) is 6.61 Å². The van der Waals surface area contributed by atoms with Crippen LogP contribution in [0.5, 0.6) is 0 Å². The van der Waals surface area contributed by atoms with Crippen molar-refractivity contribution in [3.63, 3.8) is 0 Å². The van der Waals surface area contributed by atoms with E-state index in [0.29, 0.717) is 12.0 Å².